The molecule has 0 saturated carbocycles. The summed E-state index contributed by atoms with van der Waals surface area (Å²) in [6, 6.07) is 6.55. The summed E-state index contributed by atoms with van der Waals surface area (Å²) in [5.41, 5.74) is 22.7. The molecule has 21 nitrogen and oxygen atoms in total. The van der Waals surface area contributed by atoms with Crippen molar-refractivity contribution in [1.29, 1.82) is 0 Å². The van der Waals surface area contributed by atoms with Crippen LogP contribution < -0.4 is 33.2 Å². The number of nitrogen functional groups attached to an aromatic ring is 1. The van der Waals surface area contributed by atoms with Crippen LogP contribution in [0.3, 0.4) is 0 Å². The molecule has 5 aromatic heterocycles. The zero-order valence-corrected chi connectivity index (χ0v) is 35.8. The maximum Gasteiger partial charge on any atom is 0.278 e. The number of hydrogen-bond donors (Lipinski definition) is 6. The molecular weight excluding hydrogens is 809 g/mol. The number of allylic oxidation sites excluding steroid dienone is 2. The van der Waals surface area contributed by atoms with Gasteiger partial charge in [-0.05, 0) is 71.2 Å². The molecule has 4 amide bonds. The van der Waals surface area contributed by atoms with E-state index in [1.54, 1.807) is 34.4 Å². The van der Waals surface area contributed by atoms with Crippen LogP contribution in [0.2, 0.25) is 0 Å². The first-order valence-electron chi connectivity index (χ1n) is 21.0. The molecule has 9 N–H and O–H groups in total. The second-order valence-electron chi connectivity index (χ2n) is 15.8. The minimum Gasteiger partial charge on any atom is -0.395 e. The third-order valence-corrected chi connectivity index (χ3v) is 12.0. The molecule has 0 bridgehead atoms. The number of rotatable bonds is 16. The largest absolute Gasteiger partial charge is 0.395 e. The summed E-state index contributed by atoms with van der Waals surface area (Å²) in [4.78, 5) is 68.7. The van der Waals surface area contributed by atoms with Crippen molar-refractivity contribution in [2.45, 2.75) is 78.7 Å². The number of hydrogen-bond acceptors (Lipinski definition) is 13. The Balaban J connectivity index is 1.13. The van der Waals surface area contributed by atoms with Crippen LogP contribution in [0.4, 0.5) is 23.3 Å². The first-order chi connectivity index (χ1) is 30.3. The highest BCUT2D eigenvalue weighted by Crippen LogP contribution is 2.39. The molecule has 330 valence electrons. The lowest BCUT2D eigenvalue weighted by Gasteiger charge is -2.55. The number of amides is 4. The maximum absolute atomic E-state index is 13.9. The number of benzene rings is 1. The smallest absolute Gasteiger partial charge is 0.278 e. The summed E-state index contributed by atoms with van der Waals surface area (Å²) in [6.45, 7) is 12.4. The number of primary amides is 2. The van der Waals surface area contributed by atoms with Crippen molar-refractivity contribution in [2.24, 2.45) is 11.5 Å². The van der Waals surface area contributed by atoms with Gasteiger partial charge in [0.2, 0.25) is 23.7 Å². The van der Waals surface area contributed by atoms with Crippen LogP contribution in [0.15, 0.2) is 42.6 Å². The fraction of sp³-hybridized carbons (Fsp3) is 0.405. The minimum absolute atomic E-state index is 0.147. The molecule has 63 heavy (non-hydrogen) atoms. The van der Waals surface area contributed by atoms with Crippen molar-refractivity contribution in [3.8, 4) is 0 Å². The van der Waals surface area contributed by atoms with Gasteiger partial charge in [0.1, 0.15) is 16.9 Å². The number of nitrogens with two attached hydrogens (primary N) is 3. The van der Waals surface area contributed by atoms with E-state index in [9.17, 15) is 19.2 Å². The number of aryl methyl sites for hydroxylation is 4. The number of pyridine rings is 1. The summed E-state index contributed by atoms with van der Waals surface area (Å²) >= 11 is 0. The highest BCUT2D eigenvalue weighted by Gasteiger charge is 2.44. The SMILES string of the molecule is CCn1nc(C)cc1C(=O)Nc1nc2cc(C(N)=O)cc(NCCN3CCC34CCOCC4)c2n1C/C=C/Cn1c(NC(=O)c2c(N)c(C)nn2CC)nc2cc(C(N)=O)cnc21. The van der Waals surface area contributed by atoms with E-state index >= 15 is 0 Å². The third kappa shape index (κ3) is 8.19. The average Bonchev–Trinajstić information content (AvgIpc) is 4.01. The maximum atomic E-state index is 13.9. The lowest BCUT2D eigenvalue weighted by molar-refractivity contribution is -0.0873. The Labute approximate surface area is 362 Å². The van der Waals surface area contributed by atoms with Crippen LogP contribution in [0.25, 0.3) is 22.2 Å². The topological polar surface area (TPSA) is 279 Å². The Morgan fingerprint density at radius 1 is 0.825 bits per heavy atom. The number of carbonyl (C=O) groups is 4. The van der Waals surface area contributed by atoms with E-state index in [0.29, 0.717) is 64.6 Å². The van der Waals surface area contributed by atoms with E-state index in [-0.39, 0.29) is 53.0 Å². The van der Waals surface area contributed by atoms with Crippen molar-refractivity contribution in [2.75, 3.05) is 54.5 Å². The summed E-state index contributed by atoms with van der Waals surface area (Å²) in [6.07, 6.45) is 8.22. The molecule has 21 heteroatoms. The van der Waals surface area contributed by atoms with E-state index in [1.165, 1.54) is 16.9 Å². The predicted octanol–water partition coefficient (Wildman–Crippen LogP) is 3.04. The number of carbonyl (C=O) groups excluding carboxylic acids is 4. The van der Waals surface area contributed by atoms with Gasteiger partial charge in [-0.3, -0.25) is 48.6 Å². The van der Waals surface area contributed by atoms with Crippen LogP contribution >= 0.6 is 0 Å². The van der Waals surface area contributed by atoms with Crippen LogP contribution in [0, 0.1) is 13.8 Å². The number of aromatic nitrogens is 9. The molecule has 6 aromatic rings. The lowest BCUT2D eigenvalue weighted by Crippen LogP contribution is -2.62. The van der Waals surface area contributed by atoms with Gasteiger partial charge in [-0.1, -0.05) is 12.2 Å². The number of imidazole rings is 2. The number of nitrogens with zero attached hydrogens (tertiary/aromatic N) is 10. The molecule has 2 aliphatic rings. The van der Waals surface area contributed by atoms with Crippen molar-refractivity contribution in [3.63, 3.8) is 0 Å². The van der Waals surface area contributed by atoms with Crippen molar-refractivity contribution in [3.05, 3.63) is 76.5 Å². The monoisotopic (exact) mass is 860 g/mol. The molecule has 2 fully saturated rings. The van der Waals surface area contributed by atoms with Crippen molar-refractivity contribution in [1.82, 2.24) is 48.5 Å². The van der Waals surface area contributed by atoms with E-state index in [4.69, 9.17) is 26.9 Å². The molecule has 8 rings (SSSR count). The minimum atomic E-state index is -0.676. The molecular formula is C42H52N16O5. The highest BCUT2D eigenvalue weighted by molar-refractivity contribution is 6.07. The molecule has 1 spiro atoms. The van der Waals surface area contributed by atoms with Gasteiger partial charge in [-0.25, -0.2) is 15.0 Å². The molecule has 0 atom stereocenters. The summed E-state index contributed by atoms with van der Waals surface area (Å²) in [7, 11) is 0. The van der Waals surface area contributed by atoms with Gasteiger partial charge in [0.25, 0.3) is 11.8 Å². The number of likely N-dealkylation sites (tertiary alicyclic amines) is 1. The Bertz CT molecular complexity index is 2790. The van der Waals surface area contributed by atoms with Crippen LogP contribution in [-0.2, 0) is 30.9 Å². The molecule has 2 aliphatic heterocycles. The first kappa shape index (κ1) is 42.6. The standard InChI is InChI=1S/C42H52N16O5/c1-5-57-31(19-24(3)52-57)38(61)50-40-48-29-21-26(35(44)59)20-28(46-12-16-54-15-9-42(54)10-17-63-18-11-42)33(29)55(40)13-7-8-14-56-37-30(22-27(23-47-37)36(45)60)49-41(56)51-39(62)34-32(43)25(4)53-58(34)6-2/h7-8,19-23,46H,5-6,9-18,43H2,1-4H3,(H2,44,59)(H2,45,60)(H,48,50,61)(H,49,51,62)/b8-7+. The molecule has 0 unspecified atom stereocenters. The van der Waals surface area contributed by atoms with Gasteiger partial charge >= 0.3 is 0 Å². The second-order valence-corrected chi connectivity index (χ2v) is 15.8. The van der Waals surface area contributed by atoms with E-state index in [1.807, 2.05) is 37.5 Å². The van der Waals surface area contributed by atoms with Crippen LogP contribution in [0.1, 0.15) is 86.2 Å². The van der Waals surface area contributed by atoms with Gasteiger partial charge in [0.15, 0.2) is 5.65 Å². The second kappa shape index (κ2) is 17.3. The number of ether oxygens (including phenoxy) is 1. The Hall–Kier alpha value is -7.13. The molecule has 1 aromatic carbocycles. The van der Waals surface area contributed by atoms with Gasteiger partial charge in [0.05, 0.1) is 39.4 Å². The zero-order valence-electron chi connectivity index (χ0n) is 35.8. The lowest BCUT2D eigenvalue weighted by atomic mass is 9.78. The Kier molecular flexibility index (Phi) is 11.7. The fourth-order valence-corrected chi connectivity index (χ4v) is 8.53. The number of nitrogens with one attached hydrogen (secondary N) is 3. The summed E-state index contributed by atoms with van der Waals surface area (Å²) in [5, 5.41) is 18.2. The first-order valence-corrected chi connectivity index (χ1v) is 21.0. The van der Waals surface area contributed by atoms with Gasteiger partial charge in [-0.15, -0.1) is 0 Å². The highest BCUT2D eigenvalue weighted by atomic mass is 16.5. The quantitative estimate of drug-likeness (QED) is 0.0765. The van der Waals surface area contributed by atoms with E-state index in [2.05, 4.69) is 41.0 Å². The van der Waals surface area contributed by atoms with Crippen molar-refractivity contribution < 1.29 is 23.9 Å². The normalized spacial score (nSPS) is 15.0. The Morgan fingerprint density at radius 3 is 2.17 bits per heavy atom. The zero-order chi connectivity index (χ0) is 44.6. The molecule has 7 heterocycles. The molecule has 0 aliphatic carbocycles. The summed E-state index contributed by atoms with van der Waals surface area (Å²) in [5.74, 6) is -1.84. The van der Waals surface area contributed by atoms with Crippen LogP contribution in [-0.4, -0.2) is 111 Å². The molecule has 2 saturated heterocycles. The number of fused-ring (bicyclic) bond motifs is 2. The van der Waals surface area contributed by atoms with Gasteiger partial charge in [0, 0.05) is 76.3 Å². The molecule has 0 radical (unpaired) electrons. The summed E-state index contributed by atoms with van der Waals surface area (Å²) < 4.78 is 12.3. The van der Waals surface area contributed by atoms with Gasteiger partial charge in [-0.2, -0.15) is 10.2 Å². The van der Waals surface area contributed by atoms with E-state index in [0.717, 1.165) is 45.6 Å². The third-order valence-electron chi connectivity index (χ3n) is 12.0. The van der Waals surface area contributed by atoms with Crippen LogP contribution in [0.5, 0.6) is 0 Å². The van der Waals surface area contributed by atoms with Crippen molar-refractivity contribution >= 4 is 69.1 Å². The average molecular weight is 861 g/mol. The fourth-order valence-electron chi connectivity index (χ4n) is 8.53. The Morgan fingerprint density at radius 2 is 1.49 bits per heavy atom. The number of anilines is 4. The van der Waals surface area contributed by atoms with Gasteiger partial charge < -0.3 is 31.8 Å². The predicted molar refractivity (Wildman–Crippen MR) is 236 cm³/mol. The van der Waals surface area contributed by atoms with E-state index < -0.39 is 23.6 Å².